The summed E-state index contributed by atoms with van der Waals surface area (Å²) >= 11 is 5.32. The first-order valence-corrected chi connectivity index (χ1v) is 5.32. The van der Waals surface area contributed by atoms with E-state index in [1.165, 1.54) is 25.7 Å². The minimum atomic E-state index is -0.155. The minimum Gasteiger partial charge on any atom is -0.281 e. The third kappa shape index (κ3) is 1.66. The van der Waals surface area contributed by atoms with E-state index in [9.17, 15) is 4.79 Å². The molecule has 2 rings (SSSR count). The van der Waals surface area contributed by atoms with E-state index in [0.29, 0.717) is 6.42 Å². The molecule has 2 bridgehead atoms. The summed E-state index contributed by atoms with van der Waals surface area (Å²) in [6.07, 6.45) is 7.29. The molecule has 0 heterocycles. The molecule has 0 N–H and O–H groups in total. The third-order valence-electron chi connectivity index (χ3n) is 3.60. The van der Waals surface area contributed by atoms with Gasteiger partial charge in [0, 0.05) is 6.42 Å². The molecule has 2 saturated carbocycles. The molecule has 0 amide bonds. The van der Waals surface area contributed by atoms with Gasteiger partial charge in [-0.2, -0.15) is 0 Å². The van der Waals surface area contributed by atoms with Gasteiger partial charge in [0.05, 0.1) is 0 Å². The van der Waals surface area contributed by atoms with Crippen LogP contribution in [0.15, 0.2) is 0 Å². The number of fused-ring (bicyclic) bond motifs is 2. The van der Waals surface area contributed by atoms with E-state index >= 15 is 0 Å². The van der Waals surface area contributed by atoms with E-state index < -0.39 is 0 Å². The van der Waals surface area contributed by atoms with Crippen LogP contribution in [-0.4, -0.2) is 5.24 Å². The van der Waals surface area contributed by atoms with Crippen molar-refractivity contribution >= 4 is 16.8 Å². The molecule has 0 aliphatic heterocycles. The van der Waals surface area contributed by atoms with Gasteiger partial charge < -0.3 is 0 Å². The fourth-order valence-electron chi connectivity index (χ4n) is 3.03. The van der Waals surface area contributed by atoms with Gasteiger partial charge in [0.1, 0.15) is 0 Å². The van der Waals surface area contributed by atoms with Gasteiger partial charge in [0.15, 0.2) is 0 Å². The Morgan fingerprint density at radius 1 is 1.33 bits per heavy atom. The fourth-order valence-corrected chi connectivity index (χ4v) is 3.14. The monoisotopic (exact) mass is 186 g/mol. The first kappa shape index (κ1) is 8.55. The third-order valence-corrected chi connectivity index (χ3v) is 3.79. The lowest BCUT2D eigenvalue weighted by atomic mass is 9.86. The second-order valence-electron chi connectivity index (χ2n) is 4.33. The van der Waals surface area contributed by atoms with E-state index in [1.54, 1.807) is 0 Å². The topological polar surface area (TPSA) is 17.1 Å². The molecule has 0 aromatic carbocycles. The molecule has 2 fully saturated rings. The van der Waals surface area contributed by atoms with Crippen molar-refractivity contribution < 1.29 is 4.79 Å². The molecular weight excluding hydrogens is 172 g/mol. The number of rotatable bonds is 3. The Morgan fingerprint density at radius 3 is 2.67 bits per heavy atom. The molecule has 12 heavy (non-hydrogen) atoms. The summed E-state index contributed by atoms with van der Waals surface area (Å²) in [7, 11) is 0. The molecule has 0 aromatic rings. The molecule has 2 heteroatoms. The van der Waals surface area contributed by atoms with Gasteiger partial charge >= 0.3 is 0 Å². The smallest absolute Gasteiger partial charge is 0.221 e. The first-order chi connectivity index (χ1) is 5.75. The second-order valence-corrected chi connectivity index (χ2v) is 4.75. The van der Waals surface area contributed by atoms with Gasteiger partial charge in [-0.05, 0) is 55.0 Å². The summed E-state index contributed by atoms with van der Waals surface area (Å²) in [6.45, 7) is 0. The lowest BCUT2D eigenvalue weighted by Gasteiger charge is -2.20. The van der Waals surface area contributed by atoms with E-state index in [-0.39, 0.29) is 5.24 Å². The Morgan fingerprint density at radius 2 is 2.17 bits per heavy atom. The summed E-state index contributed by atoms with van der Waals surface area (Å²) in [5.41, 5.74) is 0. The predicted octanol–water partition coefficient (Wildman–Crippen LogP) is 2.97. The summed E-state index contributed by atoms with van der Waals surface area (Å²) in [6, 6.07) is 0. The number of carbonyl (C=O) groups is 1. The van der Waals surface area contributed by atoms with Crippen LogP contribution in [0.2, 0.25) is 0 Å². The van der Waals surface area contributed by atoms with Crippen molar-refractivity contribution in [3.63, 3.8) is 0 Å². The molecule has 0 saturated heterocycles. The number of carbonyl (C=O) groups excluding carboxylic acids is 1. The summed E-state index contributed by atoms with van der Waals surface area (Å²) in [4.78, 5) is 10.6. The van der Waals surface area contributed by atoms with Gasteiger partial charge in [-0.1, -0.05) is 6.42 Å². The molecule has 1 nitrogen and oxygen atoms in total. The Hall–Kier alpha value is -0.0400. The first-order valence-electron chi connectivity index (χ1n) is 4.94. The van der Waals surface area contributed by atoms with E-state index in [2.05, 4.69) is 0 Å². The molecule has 0 radical (unpaired) electrons. The van der Waals surface area contributed by atoms with Gasteiger partial charge in [-0.15, -0.1) is 0 Å². The quantitative estimate of drug-likeness (QED) is 0.620. The van der Waals surface area contributed by atoms with Crippen molar-refractivity contribution in [2.24, 2.45) is 17.8 Å². The summed E-state index contributed by atoms with van der Waals surface area (Å²) in [5, 5.41) is -0.155. The van der Waals surface area contributed by atoms with Crippen molar-refractivity contribution in [2.75, 3.05) is 0 Å². The maximum Gasteiger partial charge on any atom is 0.221 e. The van der Waals surface area contributed by atoms with Gasteiger partial charge in [-0.3, -0.25) is 4.79 Å². The van der Waals surface area contributed by atoms with E-state index in [0.717, 1.165) is 24.2 Å². The average Bonchev–Trinajstić information content (AvgIpc) is 2.60. The Bertz CT molecular complexity index is 190. The number of hydrogen-bond donors (Lipinski definition) is 0. The highest BCUT2D eigenvalue weighted by atomic mass is 35.5. The Balaban J connectivity index is 1.79. The van der Waals surface area contributed by atoms with Crippen LogP contribution in [0, 0.1) is 17.8 Å². The molecule has 0 aromatic heterocycles. The number of halogens is 1. The zero-order chi connectivity index (χ0) is 8.55. The standard InChI is InChI=1S/C10H15ClO/c11-10(12)4-3-9-6-7-1-2-8(9)5-7/h7-9H,1-6H2/t7-,8+,9+/m1/s1. The van der Waals surface area contributed by atoms with Crippen molar-refractivity contribution in [2.45, 2.75) is 38.5 Å². The highest BCUT2D eigenvalue weighted by Crippen LogP contribution is 2.49. The zero-order valence-electron chi connectivity index (χ0n) is 7.26. The molecule has 0 unspecified atom stereocenters. The average molecular weight is 187 g/mol. The molecule has 0 spiro atoms. The van der Waals surface area contributed by atoms with Gasteiger partial charge in [-0.25, -0.2) is 0 Å². The molecule has 3 atom stereocenters. The highest BCUT2D eigenvalue weighted by Gasteiger charge is 2.38. The fraction of sp³-hybridized carbons (Fsp3) is 0.900. The number of hydrogen-bond acceptors (Lipinski definition) is 1. The van der Waals surface area contributed by atoms with Crippen molar-refractivity contribution in [1.82, 2.24) is 0 Å². The van der Waals surface area contributed by atoms with Crippen LogP contribution in [0.25, 0.3) is 0 Å². The van der Waals surface area contributed by atoms with Crippen LogP contribution >= 0.6 is 11.6 Å². The normalized spacial score (nSPS) is 38.9. The summed E-state index contributed by atoms with van der Waals surface area (Å²) in [5.74, 6) is 2.75. The van der Waals surface area contributed by atoms with Crippen molar-refractivity contribution in [1.29, 1.82) is 0 Å². The second kappa shape index (κ2) is 3.37. The highest BCUT2D eigenvalue weighted by molar-refractivity contribution is 6.63. The maximum absolute atomic E-state index is 10.6. The van der Waals surface area contributed by atoms with E-state index in [4.69, 9.17) is 11.6 Å². The molecule has 2 aliphatic rings. The summed E-state index contributed by atoms with van der Waals surface area (Å²) < 4.78 is 0. The lowest BCUT2D eigenvalue weighted by Crippen LogP contribution is -2.10. The molecule has 2 aliphatic carbocycles. The lowest BCUT2D eigenvalue weighted by molar-refractivity contribution is -0.112. The predicted molar refractivity (Wildman–Crippen MR) is 49.0 cm³/mol. The molecule has 68 valence electrons. The Kier molecular flexibility index (Phi) is 2.40. The minimum absolute atomic E-state index is 0.155. The van der Waals surface area contributed by atoms with E-state index in [1.807, 2.05) is 0 Å². The van der Waals surface area contributed by atoms with Gasteiger partial charge in [0.2, 0.25) is 5.24 Å². The largest absolute Gasteiger partial charge is 0.281 e. The molecular formula is C10H15ClO. The zero-order valence-corrected chi connectivity index (χ0v) is 8.02. The SMILES string of the molecule is O=C(Cl)CC[C@H]1C[C@@H]2CC[C@H]1C2. The van der Waals surface area contributed by atoms with Crippen LogP contribution in [0.3, 0.4) is 0 Å². The van der Waals surface area contributed by atoms with Crippen LogP contribution < -0.4 is 0 Å². The van der Waals surface area contributed by atoms with Crippen LogP contribution in [-0.2, 0) is 4.79 Å². The van der Waals surface area contributed by atoms with Crippen molar-refractivity contribution in [3.05, 3.63) is 0 Å². The van der Waals surface area contributed by atoms with Gasteiger partial charge in [0.25, 0.3) is 0 Å². The maximum atomic E-state index is 10.6. The van der Waals surface area contributed by atoms with Crippen LogP contribution in [0.5, 0.6) is 0 Å². The van der Waals surface area contributed by atoms with Crippen LogP contribution in [0.1, 0.15) is 38.5 Å². The van der Waals surface area contributed by atoms with Crippen LogP contribution in [0.4, 0.5) is 0 Å². The Labute approximate surface area is 78.5 Å². The van der Waals surface area contributed by atoms with Crippen molar-refractivity contribution in [3.8, 4) is 0 Å².